The summed E-state index contributed by atoms with van der Waals surface area (Å²) in [4.78, 5) is 19.3. The summed E-state index contributed by atoms with van der Waals surface area (Å²) in [5.74, 6) is -0.797. The van der Waals surface area contributed by atoms with E-state index < -0.39 is 11.7 Å². The number of aryl methyl sites for hydroxylation is 1. The lowest BCUT2D eigenvalue weighted by molar-refractivity contribution is -0.131. The van der Waals surface area contributed by atoms with Gasteiger partial charge in [-0.1, -0.05) is 89.9 Å². The molecule has 1 aromatic heterocycles. The molecular weight excluding hydrogens is 754 g/mol. The Morgan fingerprint density at radius 3 is 2.36 bits per heavy atom. The van der Waals surface area contributed by atoms with Gasteiger partial charge in [0.1, 0.15) is 18.2 Å². The van der Waals surface area contributed by atoms with E-state index in [1.165, 1.54) is 17.1 Å². The summed E-state index contributed by atoms with van der Waals surface area (Å²) in [7, 11) is 0. The number of nitrogens with one attached hydrogen (secondary N) is 2. The number of ether oxygens (including phenoxy) is 1. The average molecular weight is 792 g/mol. The lowest BCUT2D eigenvalue weighted by Crippen LogP contribution is -2.51. The van der Waals surface area contributed by atoms with Crippen LogP contribution < -0.4 is 15.5 Å². The molecule has 12 heteroatoms. The number of nitriles is 1. The Hall–Kier alpha value is -5.57. The second-order valence-electron chi connectivity index (χ2n) is 12.8. The first kappa shape index (κ1) is 39.1. The summed E-state index contributed by atoms with van der Waals surface area (Å²) < 4.78 is 21.6. The normalized spacial score (nSPS) is 11.4. The number of hydrazine groups is 1. The van der Waals surface area contributed by atoms with Crippen molar-refractivity contribution < 1.29 is 13.9 Å². The van der Waals surface area contributed by atoms with Gasteiger partial charge in [0.05, 0.1) is 39.6 Å². The fourth-order valence-electron chi connectivity index (χ4n) is 5.97. The lowest BCUT2D eigenvalue weighted by Gasteiger charge is -2.29. The van der Waals surface area contributed by atoms with E-state index in [9.17, 15) is 14.4 Å². The maximum Gasteiger partial charge on any atom is 0.252 e. The molecule has 6 rings (SSSR count). The van der Waals surface area contributed by atoms with Crippen molar-refractivity contribution in [1.29, 1.82) is 5.26 Å². The molecule has 0 aliphatic rings. The van der Waals surface area contributed by atoms with Crippen LogP contribution in [-0.2, 0) is 30.8 Å². The standard InChI is InChI=1S/C43H37Cl2FN6O2S/c44-39-10-4-9-34(41(39)45)24-38(40-26-48-29-51(40)27-32-13-11-31(25-47)12-14-32)42(53)52(43(55)50-36-19-17-35(46)18-20-36)49-23-5-8-30-15-21-37(22-16-30)54-28-33-6-2-1-3-7-33/h1-4,6-7,9-22,26,29,38,49H,5,8,23-24,27-28H2,(H,50,55). The van der Waals surface area contributed by atoms with Gasteiger partial charge in [0, 0.05) is 25.0 Å². The second-order valence-corrected chi connectivity index (χ2v) is 13.9. The van der Waals surface area contributed by atoms with Gasteiger partial charge < -0.3 is 14.6 Å². The van der Waals surface area contributed by atoms with Crippen LogP contribution in [0.4, 0.5) is 10.1 Å². The Labute approximate surface area is 335 Å². The zero-order valence-corrected chi connectivity index (χ0v) is 32.0. The summed E-state index contributed by atoms with van der Waals surface area (Å²) in [6.45, 7) is 1.29. The van der Waals surface area contributed by atoms with Gasteiger partial charge in [0.15, 0.2) is 5.11 Å². The number of benzene rings is 5. The van der Waals surface area contributed by atoms with Gasteiger partial charge in [-0.05, 0) is 108 Å². The predicted octanol–water partition coefficient (Wildman–Crippen LogP) is 9.52. The quantitative estimate of drug-likeness (QED) is 0.0608. The van der Waals surface area contributed by atoms with Crippen LogP contribution in [0.3, 0.4) is 0 Å². The number of anilines is 1. The number of carbonyl (C=O) groups excluding carboxylic acids is 1. The number of amides is 1. The van der Waals surface area contributed by atoms with Gasteiger partial charge in [-0.2, -0.15) is 5.26 Å². The Balaban J connectivity index is 1.22. The highest BCUT2D eigenvalue weighted by molar-refractivity contribution is 7.80. The molecule has 8 nitrogen and oxygen atoms in total. The molecule has 0 bridgehead atoms. The largest absolute Gasteiger partial charge is 0.489 e. The molecular formula is C43H37Cl2FN6O2S. The van der Waals surface area contributed by atoms with E-state index in [0.29, 0.717) is 58.7 Å². The van der Waals surface area contributed by atoms with Crippen molar-refractivity contribution in [2.24, 2.45) is 0 Å². The molecule has 0 aliphatic carbocycles. The van der Waals surface area contributed by atoms with E-state index >= 15 is 0 Å². The Morgan fingerprint density at radius 1 is 0.909 bits per heavy atom. The van der Waals surface area contributed by atoms with E-state index in [0.717, 1.165) is 28.9 Å². The fourth-order valence-corrected chi connectivity index (χ4v) is 6.64. The molecule has 55 heavy (non-hydrogen) atoms. The minimum atomic E-state index is -0.819. The van der Waals surface area contributed by atoms with Crippen molar-refractivity contribution in [3.05, 3.63) is 183 Å². The van der Waals surface area contributed by atoms with Gasteiger partial charge in [-0.15, -0.1) is 0 Å². The number of imidazole rings is 1. The number of carbonyl (C=O) groups is 1. The topological polar surface area (TPSA) is 95.2 Å². The third-order valence-corrected chi connectivity index (χ3v) is 10.0. The van der Waals surface area contributed by atoms with Crippen LogP contribution in [0.15, 0.2) is 134 Å². The molecule has 1 atom stereocenters. The van der Waals surface area contributed by atoms with E-state index in [-0.39, 0.29) is 17.4 Å². The smallest absolute Gasteiger partial charge is 0.252 e. The molecule has 0 aliphatic heterocycles. The molecule has 0 saturated heterocycles. The van der Waals surface area contributed by atoms with Crippen LogP contribution in [0.1, 0.15) is 45.8 Å². The number of hydrogen-bond donors (Lipinski definition) is 2. The third-order valence-electron chi connectivity index (χ3n) is 8.89. The molecule has 1 unspecified atom stereocenters. The minimum absolute atomic E-state index is 0.0804. The molecule has 0 radical (unpaired) electrons. The van der Waals surface area contributed by atoms with Crippen molar-refractivity contribution in [2.45, 2.75) is 38.3 Å². The molecule has 5 aromatic carbocycles. The predicted molar refractivity (Wildman–Crippen MR) is 218 cm³/mol. The highest BCUT2D eigenvalue weighted by Gasteiger charge is 2.32. The third kappa shape index (κ3) is 10.8. The summed E-state index contributed by atoms with van der Waals surface area (Å²) in [5, 5.41) is 14.5. The highest BCUT2D eigenvalue weighted by atomic mass is 35.5. The monoisotopic (exact) mass is 790 g/mol. The number of thiocarbonyl (C=S) groups is 1. The van der Waals surface area contributed by atoms with Crippen LogP contribution in [0.25, 0.3) is 0 Å². The number of halogens is 3. The van der Waals surface area contributed by atoms with Crippen LogP contribution >= 0.6 is 35.4 Å². The molecule has 1 heterocycles. The van der Waals surface area contributed by atoms with E-state index in [4.69, 9.17) is 40.2 Å². The lowest BCUT2D eigenvalue weighted by atomic mass is 9.95. The maximum absolute atomic E-state index is 14.9. The van der Waals surface area contributed by atoms with Crippen LogP contribution in [0.2, 0.25) is 10.0 Å². The summed E-state index contributed by atoms with van der Waals surface area (Å²) in [5.41, 5.74) is 8.75. The Kier molecular flexibility index (Phi) is 13.6. The number of hydrogen-bond acceptors (Lipinski definition) is 6. The molecule has 278 valence electrons. The van der Waals surface area contributed by atoms with E-state index in [2.05, 4.69) is 21.8 Å². The van der Waals surface area contributed by atoms with Gasteiger partial charge in [-0.3, -0.25) is 4.79 Å². The van der Waals surface area contributed by atoms with Gasteiger partial charge >= 0.3 is 0 Å². The van der Waals surface area contributed by atoms with Gasteiger partial charge in [0.2, 0.25) is 0 Å². The van der Waals surface area contributed by atoms with Gasteiger partial charge in [0.25, 0.3) is 5.91 Å². The van der Waals surface area contributed by atoms with Crippen molar-refractivity contribution in [3.8, 4) is 11.8 Å². The van der Waals surface area contributed by atoms with E-state index in [1.807, 2.05) is 77.4 Å². The van der Waals surface area contributed by atoms with Crippen molar-refractivity contribution >= 4 is 52.1 Å². The van der Waals surface area contributed by atoms with Crippen LogP contribution in [0.5, 0.6) is 5.75 Å². The zero-order valence-electron chi connectivity index (χ0n) is 29.7. The zero-order chi connectivity index (χ0) is 38.6. The molecule has 6 aromatic rings. The first-order chi connectivity index (χ1) is 26.8. The molecule has 0 saturated carbocycles. The van der Waals surface area contributed by atoms with Crippen molar-refractivity contribution in [2.75, 3.05) is 11.9 Å². The summed E-state index contributed by atoms with van der Waals surface area (Å²) in [6.07, 6.45) is 4.91. The molecule has 0 spiro atoms. The minimum Gasteiger partial charge on any atom is -0.489 e. The first-order valence-electron chi connectivity index (χ1n) is 17.6. The summed E-state index contributed by atoms with van der Waals surface area (Å²) in [6, 6.07) is 38.4. The number of rotatable bonds is 15. The molecule has 1 amide bonds. The SMILES string of the molecule is N#Cc1ccc(Cn2cncc2C(Cc2cccc(Cl)c2Cl)C(=O)N(NCCCc2ccc(OCc3ccccc3)cc2)C(=S)Nc2ccc(F)cc2)cc1. The second kappa shape index (κ2) is 19.1. The Morgan fingerprint density at radius 2 is 1.64 bits per heavy atom. The van der Waals surface area contributed by atoms with Crippen LogP contribution in [-0.4, -0.2) is 32.1 Å². The Bertz CT molecular complexity index is 2250. The van der Waals surface area contributed by atoms with E-state index in [1.54, 1.807) is 48.9 Å². The van der Waals surface area contributed by atoms with Gasteiger partial charge in [-0.25, -0.2) is 19.8 Å². The number of nitrogens with zero attached hydrogens (tertiary/aromatic N) is 4. The maximum atomic E-state index is 14.9. The first-order valence-corrected chi connectivity index (χ1v) is 18.8. The summed E-state index contributed by atoms with van der Waals surface area (Å²) >= 11 is 18.9. The molecule has 2 N–H and O–H groups in total. The average Bonchev–Trinajstić information content (AvgIpc) is 3.67. The highest BCUT2D eigenvalue weighted by Crippen LogP contribution is 2.32. The van der Waals surface area contributed by atoms with Crippen LogP contribution in [0, 0.1) is 17.1 Å². The number of aromatic nitrogens is 2. The molecule has 0 fully saturated rings. The fraction of sp³-hybridized carbons (Fsp3) is 0.163. The van der Waals surface area contributed by atoms with Crippen molar-refractivity contribution in [3.63, 3.8) is 0 Å². The van der Waals surface area contributed by atoms with Crippen molar-refractivity contribution in [1.82, 2.24) is 20.0 Å².